The summed E-state index contributed by atoms with van der Waals surface area (Å²) in [6, 6.07) is 11.9. The molecule has 2 atom stereocenters. The van der Waals surface area contributed by atoms with Crippen LogP contribution in [0, 0.1) is 5.82 Å². The van der Waals surface area contributed by atoms with Crippen LogP contribution in [0.15, 0.2) is 51.4 Å². The summed E-state index contributed by atoms with van der Waals surface area (Å²) < 4.78 is 21.8. The summed E-state index contributed by atoms with van der Waals surface area (Å²) in [5.41, 5.74) is 6.60. The summed E-state index contributed by atoms with van der Waals surface area (Å²) in [6.45, 7) is 1.96. The first-order chi connectivity index (χ1) is 10.0. The van der Waals surface area contributed by atoms with Gasteiger partial charge >= 0.3 is 0 Å². The Hall–Kier alpha value is -0.910. The molecule has 0 radical (unpaired) electrons. The largest absolute Gasteiger partial charge is 0.483 e. The summed E-state index contributed by atoms with van der Waals surface area (Å²) in [7, 11) is 0. The van der Waals surface area contributed by atoms with Crippen molar-refractivity contribution >= 4 is 31.9 Å². The molecule has 0 aliphatic rings. The van der Waals surface area contributed by atoms with Gasteiger partial charge in [0, 0.05) is 16.1 Å². The van der Waals surface area contributed by atoms with Gasteiger partial charge < -0.3 is 10.5 Å². The first-order valence-corrected chi connectivity index (χ1v) is 8.23. The van der Waals surface area contributed by atoms with Gasteiger partial charge in [-0.1, -0.05) is 41.1 Å². The Kier molecular flexibility index (Phi) is 5.79. The van der Waals surface area contributed by atoms with Crippen LogP contribution in [0.1, 0.15) is 25.0 Å². The van der Waals surface area contributed by atoms with Crippen molar-refractivity contribution in [2.45, 2.75) is 25.5 Å². The second kappa shape index (κ2) is 7.38. The van der Waals surface area contributed by atoms with Crippen molar-refractivity contribution in [1.82, 2.24) is 0 Å². The predicted octanol–water partition coefficient (Wildman–Crippen LogP) is 5.21. The quantitative estimate of drug-likeness (QED) is 0.726. The number of ether oxygens (including phenoxy) is 1. The van der Waals surface area contributed by atoms with E-state index in [1.807, 2.05) is 25.1 Å². The van der Waals surface area contributed by atoms with Crippen LogP contribution in [0.4, 0.5) is 4.39 Å². The van der Waals surface area contributed by atoms with Crippen molar-refractivity contribution in [2.24, 2.45) is 5.73 Å². The van der Waals surface area contributed by atoms with Gasteiger partial charge in [0.05, 0.1) is 4.47 Å². The molecule has 0 spiro atoms. The molecule has 0 aromatic heterocycles. The minimum atomic E-state index is -0.534. The van der Waals surface area contributed by atoms with E-state index in [0.29, 0.717) is 17.7 Å². The van der Waals surface area contributed by atoms with E-state index in [2.05, 4.69) is 31.9 Å². The molecule has 2 nitrogen and oxygen atoms in total. The zero-order valence-corrected chi connectivity index (χ0v) is 14.7. The van der Waals surface area contributed by atoms with Crippen molar-refractivity contribution < 1.29 is 9.13 Å². The topological polar surface area (TPSA) is 35.2 Å². The van der Waals surface area contributed by atoms with Crippen LogP contribution in [0.3, 0.4) is 0 Å². The lowest BCUT2D eigenvalue weighted by Gasteiger charge is -2.25. The molecule has 2 rings (SSSR count). The molecule has 0 saturated carbocycles. The van der Waals surface area contributed by atoms with Gasteiger partial charge in [0.1, 0.15) is 17.7 Å². The third-order valence-electron chi connectivity index (χ3n) is 3.22. The normalized spacial score (nSPS) is 13.8. The van der Waals surface area contributed by atoms with E-state index in [1.54, 1.807) is 18.2 Å². The predicted molar refractivity (Wildman–Crippen MR) is 89.9 cm³/mol. The molecule has 2 aromatic carbocycles. The Labute approximate surface area is 140 Å². The van der Waals surface area contributed by atoms with Gasteiger partial charge in [-0.25, -0.2) is 4.39 Å². The summed E-state index contributed by atoms with van der Waals surface area (Å²) in [6.07, 6.45) is 0.154. The second-order valence-electron chi connectivity index (χ2n) is 4.71. The summed E-state index contributed by atoms with van der Waals surface area (Å²) >= 11 is 6.84. The van der Waals surface area contributed by atoms with Gasteiger partial charge in [-0.3, -0.25) is 0 Å². The summed E-state index contributed by atoms with van der Waals surface area (Å²) in [5, 5.41) is 0. The van der Waals surface area contributed by atoms with Crippen LogP contribution in [-0.2, 0) is 0 Å². The SMILES string of the molecule is CCC(N)C(Oc1ccc(Br)cc1Br)c1ccccc1F. The van der Waals surface area contributed by atoms with E-state index in [1.165, 1.54) is 6.07 Å². The molecule has 5 heteroatoms. The van der Waals surface area contributed by atoms with Crippen molar-refractivity contribution in [1.29, 1.82) is 0 Å². The number of nitrogens with two attached hydrogens (primary N) is 1. The fraction of sp³-hybridized carbons (Fsp3) is 0.250. The molecule has 21 heavy (non-hydrogen) atoms. The van der Waals surface area contributed by atoms with Crippen molar-refractivity contribution in [3.63, 3.8) is 0 Å². The fourth-order valence-electron chi connectivity index (χ4n) is 2.01. The van der Waals surface area contributed by atoms with Crippen LogP contribution >= 0.6 is 31.9 Å². The van der Waals surface area contributed by atoms with Gasteiger partial charge in [0.2, 0.25) is 0 Å². The molecule has 0 fully saturated rings. The third-order valence-corrected chi connectivity index (χ3v) is 4.33. The van der Waals surface area contributed by atoms with E-state index >= 15 is 0 Å². The lowest BCUT2D eigenvalue weighted by molar-refractivity contribution is 0.165. The van der Waals surface area contributed by atoms with Gasteiger partial charge in [-0.2, -0.15) is 0 Å². The molecule has 112 valence electrons. The van der Waals surface area contributed by atoms with Gasteiger partial charge in [-0.15, -0.1) is 0 Å². The molecular formula is C16H16Br2FNO. The maximum Gasteiger partial charge on any atom is 0.142 e. The highest BCUT2D eigenvalue weighted by Gasteiger charge is 2.24. The molecule has 0 saturated heterocycles. The van der Waals surface area contributed by atoms with Crippen LogP contribution < -0.4 is 10.5 Å². The summed E-state index contributed by atoms with van der Waals surface area (Å²) in [4.78, 5) is 0. The Bertz CT molecular complexity index is 621. The molecule has 0 aliphatic carbocycles. The lowest BCUT2D eigenvalue weighted by Crippen LogP contribution is -2.32. The maximum absolute atomic E-state index is 14.0. The minimum Gasteiger partial charge on any atom is -0.483 e. The average Bonchev–Trinajstić information content (AvgIpc) is 2.47. The van der Waals surface area contributed by atoms with E-state index < -0.39 is 6.10 Å². The molecule has 2 unspecified atom stereocenters. The van der Waals surface area contributed by atoms with Crippen LogP contribution in [-0.4, -0.2) is 6.04 Å². The molecule has 2 aromatic rings. The van der Waals surface area contributed by atoms with Crippen LogP contribution in [0.2, 0.25) is 0 Å². The number of benzene rings is 2. The van der Waals surface area contributed by atoms with Gasteiger partial charge in [0.25, 0.3) is 0 Å². The third kappa shape index (κ3) is 4.05. The molecule has 0 amide bonds. The molecule has 0 bridgehead atoms. The highest BCUT2D eigenvalue weighted by Crippen LogP contribution is 2.33. The smallest absolute Gasteiger partial charge is 0.142 e. The van der Waals surface area contributed by atoms with Crippen molar-refractivity contribution in [3.05, 3.63) is 62.8 Å². The Morgan fingerprint density at radius 2 is 1.90 bits per heavy atom. The number of rotatable bonds is 5. The van der Waals surface area contributed by atoms with E-state index in [4.69, 9.17) is 10.5 Å². The number of halogens is 3. The van der Waals surface area contributed by atoms with E-state index in [9.17, 15) is 4.39 Å². The highest BCUT2D eigenvalue weighted by atomic mass is 79.9. The zero-order chi connectivity index (χ0) is 15.4. The fourth-order valence-corrected chi connectivity index (χ4v) is 3.15. The van der Waals surface area contributed by atoms with E-state index in [-0.39, 0.29) is 11.9 Å². The monoisotopic (exact) mass is 415 g/mol. The minimum absolute atomic E-state index is 0.294. The van der Waals surface area contributed by atoms with Crippen LogP contribution in [0.25, 0.3) is 0 Å². The van der Waals surface area contributed by atoms with Gasteiger partial charge in [-0.05, 0) is 46.6 Å². The Balaban J connectivity index is 2.35. The van der Waals surface area contributed by atoms with Crippen molar-refractivity contribution in [3.8, 4) is 5.75 Å². The average molecular weight is 417 g/mol. The second-order valence-corrected chi connectivity index (χ2v) is 6.48. The first-order valence-electron chi connectivity index (χ1n) is 6.64. The van der Waals surface area contributed by atoms with E-state index in [0.717, 1.165) is 8.95 Å². The van der Waals surface area contributed by atoms with Crippen molar-refractivity contribution in [2.75, 3.05) is 0 Å². The number of hydrogen-bond donors (Lipinski definition) is 1. The maximum atomic E-state index is 14.0. The lowest BCUT2D eigenvalue weighted by atomic mass is 10.0. The standard InChI is InChI=1S/C16H16Br2FNO/c1-2-14(20)16(11-5-3-4-6-13(11)19)21-15-8-7-10(17)9-12(15)18/h3-9,14,16H,2,20H2,1H3. The first kappa shape index (κ1) is 16.5. The molecular weight excluding hydrogens is 401 g/mol. The highest BCUT2D eigenvalue weighted by molar-refractivity contribution is 9.11. The van der Waals surface area contributed by atoms with Gasteiger partial charge in [0.15, 0.2) is 0 Å². The Morgan fingerprint density at radius 1 is 1.19 bits per heavy atom. The Morgan fingerprint density at radius 3 is 2.52 bits per heavy atom. The van der Waals surface area contributed by atoms with Crippen LogP contribution in [0.5, 0.6) is 5.75 Å². The molecule has 2 N–H and O–H groups in total. The molecule has 0 heterocycles. The molecule has 0 aliphatic heterocycles. The summed E-state index contributed by atoms with van der Waals surface area (Å²) in [5.74, 6) is 0.329. The number of hydrogen-bond acceptors (Lipinski definition) is 2. The zero-order valence-electron chi connectivity index (χ0n) is 11.5.